The SMILES string of the molecule is CC1CN(Cc2ccc(Br)o2)CC(C)N1. The van der Waals surface area contributed by atoms with Gasteiger partial charge in [-0.3, -0.25) is 4.90 Å². The van der Waals surface area contributed by atoms with E-state index < -0.39 is 0 Å². The molecule has 2 atom stereocenters. The number of halogens is 1. The Hall–Kier alpha value is -0.320. The van der Waals surface area contributed by atoms with Gasteiger partial charge in [0.1, 0.15) is 5.76 Å². The minimum Gasteiger partial charge on any atom is -0.453 e. The van der Waals surface area contributed by atoms with Gasteiger partial charge in [0, 0.05) is 25.2 Å². The molecule has 0 saturated carbocycles. The zero-order valence-electron chi connectivity index (χ0n) is 9.16. The first-order chi connectivity index (χ1) is 7.13. The smallest absolute Gasteiger partial charge is 0.169 e. The van der Waals surface area contributed by atoms with Crippen molar-refractivity contribution >= 4 is 15.9 Å². The first-order valence-electron chi connectivity index (χ1n) is 5.36. The summed E-state index contributed by atoms with van der Waals surface area (Å²) in [6.45, 7) is 7.52. The lowest BCUT2D eigenvalue weighted by Gasteiger charge is -2.35. The first kappa shape index (κ1) is 11.2. The van der Waals surface area contributed by atoms with Gasteiger partial charge < -0.3 is 9.73 Å². The molecule has 0 aliphatic carbocycles. The zero-order valence-corrected chi connectivity index (χ0v) is 10.8. The van der Waals surface area contributed by atoms with Crippen LogP contribution in [0, 0.1) is 0 Å². The van der Waals surface area contributed by atoms with Gasteiger partial charge in [0.15, 0.2) is 4.67 Å². The molecule has 1 aromatic rings. The molecule has 4 heteroatoms. The normalized spacial score (nSPS) is 28.2. The zero-order chi connectivity index (χ0) is 10.8. The van der Waals surface area contributed by atoms with Crippen molar-refractivity contribution in [3.8, 4) is 0 Å². The van der Waals surface area contributed by atoms with Crippen molar-refractivity contribution in [2.24, 2.45) is 0 Å². The maximum atomic E-state index is 5.51. The molecule has 0 spiro atoms. The van der Waals surface area contributed by atoms with Gasteiger partial charge in [-0.1, -0.05) is 0 Å². The minimum absolute atomic E-state index is 0.562. The monoisotopic (exact) mass is 272 g/mol. The highest BCUT2D eigenvalue weighted by Crippen LogP contribution is 2.17. The quantitative estimate of drug-likeness (QED) is 0.895. The van der Waals surface area contributed by atoms with E-state index in [1.54, 1.807) is 0 Å². The van der Waals surface area contributed by atoms with Gasteiger partial charge in [-0.25, -0.2) is 0 Å². The highest BCUT2D eigenvalue weighted by Gasteiger charge is 2.21. The maximum absolute atomic E-state index is 5.51. The average Bonchev–Trinajstić information content (AvgIpc) is 2.49. The number of rotatable bonds is 2. The molecule has 1 aliphatic rings. The highest BCUT2D eigenvalue weighted by molar-refractivity contribution is 9.10. The molecule has 2 unspecified atom stereocenters. The number of nitrogens with zero attached hydrogens (tertiary/aromatic N) is 1. The molecular weight excluding hydrogens is 256 g/mol. The summed E-state index contributed by atoms with van der Waals surface area (Å²) in [5, 5.41) is 3.52. The molecule has 1 aromatic heterocycles. The molecule has 2 rings (SSSR count). The van der Waals surface area contributed by atoms with Crippen molar-refractivity contribution in [2.45, 2.75) is 32.5 Å². The third-order valence-corrected chi connectivity index (χ3v) is 3.07. The van der Waals surface area contributed by atoms with Gasteiger partial charge in [-0.05, 0) is 41.9 Å². The molecule has 0 bridgehead atoms. The van der Waals surface area contributed by atoms with Crippen LogP contribution in [0.2, 0.25) is 0 Å². The van der Waals surface area contributed by atoms with E-state index in [0.717, 1.165) is 30.1 Å². The second-order valence-electron chi connectivity index (χ2n) is 4.37. The van der Waals surface area contributed by atoms with Crippen molar-refractivity contribution < 1.29 is 4.42 Å². The van der Waals surface area contributed by atoms with E-state index in [2.05, 4.69) is 40.0 Å². The van der Waals surface area contributed by atoms with E-state index in [1.807, 2.05) is 12.1 Å². The average molecular weight is 273 g/mol. The highest BCUT2D eigenvalue weighted by atomic mass is 79.9. The van der Waals surface area contributed by atoms with E-state index in [1.165, 1.54) is 0 Å². The number of nitrogens with one attached hydrogen (secondary N) is 1. The predicted molar refractivity (Wildman–Crippen MR) is 63.7 cm³/mol. The van der Waals surface area contributed by atoms with Gasteiger partial charge in [-0.2, -0.15) is 0 Å². The Bertz CT molecular complexity index is 316. The van der Waals surface area contributed by atoms with Crippen molar-refractivity contribution in [1.82, 2.24) is 10.2 Å². The Balaban J connectivity index is 1.94. The molecule has 15 heavy (non-hydrogen) atoms. The minimum atomic E-state index is 0.562. The molecule has 0 amide bonds. The first-order valence-corrected chi connectivity index (χ1v) is 6.15. The van der Waals surface area contributed by atoms with Crippen LogP contribution < -0.4 is 5.32 Å². The fourth-order valence-corrected chi connectivity index (χ4v) is 2.57. The molecule has 1 fully saturated rings. The molecular formula is C11H17BrN2O. The van der Waals surface area contributed by atoms with Crippen LogP contribution in [0.1, 0.15) is 19.6 Å². The fourth-order valence-electron chi connectivity index (χ4n) is 2.23. The Morgan fingerprint density at radius 3 is 2.60 bits per heavy atom. The summed E-state index contributed by atoms with van der Waals surface area (Å²) in [6, 6.07) is 5.10. The Kier molecular flexibility index (Phi) is 3.49. The van der Waals surface area contributed by atoms with Crippen LogP contribution in [0.15, 0.2) is 21.2 Å². The lowest BCUT2D eigenvalue weighted by atomic mass is 10.1. The lowest BCUT2D eigenvalue weighted by Crippen LogP contribution is -2.53. The van der Waals surface area contributed by atoms with Crippen molar-refractivity contribution in [1.29, 1.82) is 0 Å². The van der Waals surface area contributed by atoms with E-state index in [4.69, 9.17) is 4.42 Å². The summed E-state index contributed by atoms with van der Waals surface area (Å²) in [5.41, 5.74) is 0. The summed E-state index contributed by atoms with van der Waals surface area (Å²) in [6.07, 6.45) is 0. The summed E-state index contributed by atoms with van der Waals surface area (Å²) >= 11 is 3.32. The van der Waals surface area contributed by atoms with Gasteiger partial charge in [0.2, 0.25) is 0 Å². The number of furan rings is 1. The summed E-state index contributed by atoms with van der Waals surface area (Å²) in [4.78, 5) is 2.43. The second kappa shape index (κ2) is 4.68. The van der Waals surface area contributed by atoms with E-state index in [0.29, 0.717) is 12.1 Å². The van der Waals surface area contributed by atoms with Crippen LogP contribution in [-0.2, 0) is 6.54 Å². The maximum Gasteiger partial charge on any atom is 0.169 e. The van der Waals surface area contributed by atoms with E-state index >= 15 is 0 Å². The molecule has 0 aromatic carbocycles. The molecule has 1 aliphatic heterocycles. The largest absolute Gasteiger partial charge is 0.453 e. The third-order valence-electron chi connectivity index (χ3n) is 2.64. The van der Waals surface area contributed by atoms with Crippen LogP contribution in [-0.4, -0.2) is 30.1 Å². The van der Waals surface area contributed by atoms with Gasteiger partial charge in [-0.15, -0.1) is 0 Å². The predicted octanol–water partition coefficient (Wildman–Crippen LogP) is 2.22. The van der Waals surface area contributed by atoms with Crippen LogP contribution in [0.3, 0.4) is 0 Å². The Morgan fingerprint density at radius 1 is 1.40 bits per heavy atom. The van der Waals surface area contributed by atoms with Crippen LogP contribution in [0.25, 0.3) is 0 Å². The topological polar surface area (TPSA) is 28.4 Å². The fraction of sp³-hybridized carbons (Fsp3) is 0.636. The van der Waals surface area contributed by atoms with E-state index in [-0.39, 0.29) is 0 Å². The van der Waals surface area contributed by atoms with Crippen molar-refractivity contribution in [3.63, 3.8) is 0 Å². The summed E-state index contributed by atoms with van der Waals surface area (Å²) in [7, 11) is 0. The van der Waals surface area contributed by atoms with Gasteiger partial charge in [0.25, 0.3) is 0 Å². The summed E-state index contributed by atoms with van der Waals surface area (Å²) < 4.78 is 6.32. The number of hydrogen-bond donors (Lipinski definition) is 1. The lowest BCUT2D eigenvalue weighted by molar-refractivity contribution is 0.156. The van der Waals surface area contributed by atoms with Gasteiger partial charge >= 0.3 is 0 Å². The standard InChI is InChI=1S/C11H17BrN2O/c1-8-5-14(6-9(2)13-8)7-10-3-4-11(12)15-10/h3-4,8-9,13H,5-7H2,1-2H3. The van der Waals surface area contributed by atoms with Crippen LogP contribution in [0.4, 0.5) is 0 Å². The Labute approximate surface area is 99.0 Å². The van der Waals surface area contributed by atoms with Crippen molar-refractivity contribution in [3.05, 3.63) is 22.6 Å². The summed E-state index contributed by atoms with van der Waals surface area (Å²) in [5.74, 6) is 1.03. The van der Waals surface area contributed by atoms with Crippen LogP contribution in [0.5, 0.6) is 0 Å². The Morgan fingerprint density at radius 2 is 2.07 bits per heavy atom. The number of hydrogen-bond acceptors (Lipinski definition) is 3. The molecule has 1 N–H and O–H groups in total. The number of piperazine rings is 1. The van der Waals surface area contributed by atoms with Gasteiger partial charge in [0.05, 0.1) is 6.54 Å². The van der Waals surface area contributed by atoms with Crippen molar-refractivity contribution in [2.75, 3.05) is 13.1 Å². The molecule has 0 radical (unpaired) electrons. The molecule has 3 nitrogen and oxygen atoms in total. The second-order valence-corrected chi connectivity index (χ2v) is 5.15. The third kappa shape index (κ3) is 3.06. The molecule has 2 heterocycles. The van der Waals surface area contributed by atoms with Crippen LogP contribution >= 0.6 is 15.9 Å². The molecule has 1 saturated heterocycles. The molecule has 84 valence electrons. The van der Waals surface area contributed by atoms with E-state index in [9.17, 15) is 0 Å².